The topological polar surface area (TPSA) is 18.5 Å². The van der Waals surface area contributed by atoms with Gasteiger partial charge >= 0.3 is 0 Å². The van der Waals surface area contributed by atoms with Crippen LogP contribution in [-0.2, 0) is 9.47 Å². The van der Waals surface area contributed by atoms with E-state index in [1.807, 2.05) is 7.11 Å². The van der Waals surface area contributed by atoms with Crippen LogP contribution in [-0.4, -0.2) is 25.9 Å². The molecule has 0 aliphatic heterocycles. The van der Waals surface area contributed by atoms with Gasteiger partial charge in [-0.1, -0.05) is 13.8 Å². The van der Waals surface area contributed by atoms with Crippen molar-refractivity contribution < 1.29 is 9.47 Å². The van der Waals surface area contributed by atoms with Gasteiger partial charge < -0.3 is 9.47 Å². The molecule has 2 nitrogen and oxygen atoms in total. The molecule has 2 aliphatic carbocycles. The molecule has 0 amide bonds. The SMILES string of the molecule is COC1CCC(C(C)CCO[C@H]2CC[C@H](C)C2)C1. The van der Waals surface area contributed by atoms with Gasteiger partial charge in [-0.15, -0.1) is 0 Å². The predicted molar refractivity (Wildman–Crippen MR) is 74.7 cm³/mol. The third kappa shape index (κ3) is 3.96. The van der Waals surface area contributed by atoms with Crippen LogP contribution in [0.4, 0.5) is 0 Å². The highest BCUT2D eigenvalue weighted by atomic mass is 16.5. The van der Waals surface area contributed by atoms with Crippen molar-refractivity contribution in [3.8, 4) is 0 Å². The monoisotopic (exact) mass is 254 g/mol. The maximum Gasteiger partial charge on any atom is 0.0577 e. The van der Waals surface area contributed by atoms with Crippen molar-refractivity contribution in [2.45, 2.75) is 71.0 Å². The van der Waals surface area contributed by atoms with Gasteiger partial charge in [0.15, 0.2) is 0 Å². The quantitative estimate of drug-likeness (QED) is 0.712. The van der Waals surface area contributed by atoms with E-state index < -0.39 is 0 Å². The van der Waals surface area contributed by atoms with E-state index in [0.717, 1.165) is 24.4 Å². The standard InChI is InChI=1S/C16H30O2/c1-12-4-6-16(10-12)18-9-8-13(2)14-5-7-15(11-14)17-3/h12-16H,4-11H2,1-3H3/t12-,13?,14?,15?,16-/m0/s1. The minimum absolute atomic E-state index is 0.522. The van der Waals surface area contributed by atoms with Crippen molar-refractivity contribution in [1.82, 2.24) is 0 Å². The molecule has 3 unspecified atom stereocenters. The molecule has 0 heterocycles. The fourth-order valence-corrected chi connectivity index (χ4v) is 3.67. The first-order valence-corrected chi connectivity index (χ1v) is 7.83. The Bertz CT molecular complexity index is 241. The van der Waals surface area contributed by atoms with Crippen LogP contribution in [0.5, 0.6) is 0 Å². The van der Waals surface area contributed by atoms with Crippen molar-refractivity contribution in [2.75, 3.05) is 13.7 Å². The number of hydrogen-bond donors (Lipinski definition) is 0. The molecule has 0 aromatic rings. The van der Waals surface area contributed by atoms with Gasteiger partial charge in [0.1, 0.15) is 0 Å². The van der Waals surface area contributed by atoms with Crippen molar-refractivity contribution in [3.05, 3.63) is 0 Å². The van der Waals surface area contributed by atoms with Crippen LogP contribution in [0.1, 0.15) is 58.8 Å². The summed E-state index contributed by atoms with van der Waals surface area (Å²) in [6, 6.07) is 0. The molecule has 2 aliphatic rings. The van der Waals surface area contributed by atoms with Gasteiger partial charge in [0.25, 0.3) is 0 Å². The van der Waals surface area contributed by atoms with E-state index in [1.54, 1.807) is 0 Å². The summed E-state index contributed by atoms with van der Waals surface area (Å²) >= 11 is 0. The fraction of sp³-hybridized carbons (Fsp3) is 1.00. The molecule has 2 saturated carbocycles. The van der Waals surface area contributed by atoms with Gasteiger partial charge in [0.05, 0.1) is 12.2 Å². The Balaban J connectivity index is 1.59. The molecule has 0 N–H and O–H groups in total. The first kappa shape index (κ1) is 14.3. The van der Waals surface area contributed by atoms with Crippen LogP contribution in [0.2, 0.25) is 0 Å². The van der Waals surface area contributed by atoms with E-state index in [2.05, 4.69) is 13.8 Å². The summed E-state index contributed by atoms with van der Waals surface area (Å²) in [5.74, 6) is 2.54. The molecule has 0 bridgehead atoms. The summed E-state index contributed by atoms with van der Waals surface area (Å²) in [4.78, 5) is 0. The molecule has 0 aromatic carbocycles. The second-order valence-electron chi connectivity index (χ2n) is 6.61. The molecule has 0 saturated heterocycles. The van der Waals surface area contributed by atoms with Crippen molar-refractivity contribution in [3.63, 3.8) is 0 Å². The molecule has 2 heteroatoms. The second-order valence-corrected chi connectivity index (χ2v) is 6.61. The number of ether oxygens (including phenoxy) is 2. The highest BCUT2D eigenvalue weighted by molar-refractivity contribution is 4.79. The fourth-order valence-electron chi connectivity index (χ4n) is 3.67. The molecule has 18 heavy (non-hydrogen) atoms. The zero-order valence-corrected chi connectivity index (χ0v) is 12.4. The summed E-state index contributed by atoms with van der Waals surface area (Å²) < 4.78 is 11.5. The maximum atomic E-state index is 6.03. The van der Waals surface area contributed by atoms with Gasteiger partial charge in [0, 0.05) is 13.7 Å². The summed E-state index contributed by atoms with van der Waals surface area (Å²) in [6.07, 6.45) is 10.1. The molecular formula is C16H30O2. The molecule has 2 fully saturated rings. The van der Waals surface area contributed by atoms with E-state index in [1.165, 1.54) is 44.9 Å². The molecule has 106 valence electrons. The van der Waals surface area contributed by atoms with Gasteiger partial charge in [-0.3, -0.25) is 0 Å². The van der Waals surface area contributed by atoms with Crippen LogP contribution in [0.15, 0.2) is 0 Å². The highest BCUT2D eigenvalue weighted by Crippen LogP contribution is 2.35. The van der Waals surface area contributed by atoms with Crippen LogP contribution < -0.4 is 0 Å². The number of rotatable bonds is 6. The molecule has 0 spiro atoms. The minimum Gasteiger partial charge on any atom is -0.381 e. The predicted octanol–water partition coefficient (Wildman–Crippen LogP) is 4.03. The lowest BCUT2D eigenvalue weighted by Gasteiger charge is -2.20. The highest BCUT2D eigenvalue weighted by Gasteiger charge is 2.28. The molecule has 0 aromatic heterocycles. The Labute approximate surface area is 112 Å². The molecule has 0 radical (unpaired) electrons. The van der Waals surface area contributed by atoms with Crippen LogP contribution in [0.25, 0.3) is 0 Å². The zero-order valence-electron chi connectivity index (χ0n) is 12.4. The molecular weight excluding hydrogens is 224 g/mol. The Morgan fingerprint density at radius 3 is 2.44 bits per heavy atom. The van der Waals surface area contributed by atoms with Gasteiger partial charge in [-0.25, -0.2) is 0 Å². The van der Waals surface area contributed by atoms with E-state index in [0.29, 0.717) is 12.2 Å². The van der Waals surface area contributed by atoms with E-state index in [9.17, 15) is 0 Å². The number of hydrogen-bond acceptors (Lipinski definition) is 2. The van der Waals surface area contributed by atoms with E-state index >= 15 is 0 Å². The van der Waals surface area contributed by atoms with Gasteiger partial charge in [-0.05, 0) is 62.7 Å². The third-order valence-electron chi connectivity index (χ3n) is 5.14. The Hall–Kier alpha value is -0.0800. The molecule has 2 rings (SSSR count). The smallest absolute Gasteiger partial charge is 0.0577 e. The van der Waals surface area contributed by atoms with Crippen molar-refractivity contribution >= 4 is 0 Å². The lowest BCUT2D eigenvalue weighted by atomic mass is 9.90. The summed E-state index contributed by atoms with van der Waals surface area (Å²) in [7, 11) is 1.85. The third-order valence-corrected chi connectivity index (χ3v) is 5.14. The largest absolute Gasteiger partial charge is 0.381 e. The minimum atomic E-state index is 0.522. The Morgan fingerprint density at radius 1 is 1.06 bits per heavy atom. The van der Waals surface area contributed by atoms with Gasteiger partial charge in [0.2, 0.25) is 0 Å². The normalized spacial score (nSPS) is 38.2. The summed E-state index contributed by atoms with van der Waals surface area (Å²) in [6.45, 7) is 5.70. The maximum absolute atomic E-state index is 6.03. The van der Waals surface area contributed by atoms with Crippen LogP contribution in [0, 0.1) is 17.8 Å². The van der Waals surface area contributed by atoms with E-state index in [-0.39, 0.29) is 0 Å². The van der Waals surface area contributed by atoms with Crippen LogP contribution >= 0.6 is 0 Å². The summed E-state index contributed by atoms with van der Waals surface area (Å²) in [5.41, 5.74) is 0. The first-order chi connectivity index (χ1) is 8.69. The zero-order chi connectivity index (χ0) is 13.0. The average Bonchev–Trinajstić information content (AvgIpc) is 2.98. The summed E-state index contributed by atoms with van der Waals surface area (Å²) in [5, 5.41) is 0. The molecule has 5 atom stereocenters. The Morgan fingerprint density at radius 2 is 1.83 bits per heavy atom. The van der Waals surface area contributed by atoms with E-state index in [4.69, 9.17) is 9.47 Å². The lowest BCUT2D eigenvalue weighted by Crippen LogP contribution is -2.16. The average molecular weight is 254 g/mol. The number of methoxy groups -OCH3 is 1. The van der Waals surface area contributed by atoms with Gasteiger partial charge in [-0.2, -0.15) is 0 Å². The second kappa shape index (κ2) is 6.91. The van der Waals surface area contributed by atoms with Crippen LogP contribution in [0.3, 0.4) is 0 Å². The lowest BCUT2D eigenvalue weighted by molar-refractivity contribution is 0.0426. The Kier molecular flexibility index (Phi) is 5.50. The van der Waals surface area contributed by atoms with Crippen molar-refractivity contribution in [2.24, 2.45) is 17.8 Å². The first-order valence-electron chi connectivity index (χ1n) is 7.83. The van der Waals surface area contributed by atoms with Crippen molar-refractivity contribution in [1.29, 1.82) is 0 Å².